The Morgan fingerprint density at radius 2 is 1.52 bits per heavy atom. The number of hydrogen-bond donors (Lipinski definition) is 0. The molecule has 2 nitrogen and oxygen atoms in total. The van der Waals surface area contributed by atoms with E-state index in [0.29, 0.717) is 0 Å². The Morgan fingerprint density at radius 1 is 0.913 bits per heavy atom. The molecule has 2 unspecified atom stereocenters. The van der Waals surface area contributed by atoms with Gasteiger partial charge in [0, 0.05) is 13.7 Å². The van der Waals surface area contributed by atoms with Crippen molar-refractivity contribution in [1.82, 2.24) is 4.25 Å². The molecule has 0 aromatic heterocycles. The lowest BCUT2D eigenvalue weighted by Crippen LogP contribution is -2.53. The Hall–Kier alpha value is -1.89. The lowest BCUT2D eigenvalue weighted by Gasteiger charge is -2.46. The third-order valence-electron chi connectivity index (χ3n) is 5.06. The van der Waals surface area contributed by atoms with Gasteiger partial charge < -0.3 is 4.90 Å². The van der Waals surface area contributed by atoms with Gasteiger partial charge in [-0.3, -0.25) is 4.25 Å². The minimum Gasteiger partial charge on any atom is -0.327 e. The molecule has 0 N–H and O–H groups in total. The number of fused-ring (bicyclic) bond motifs is 2. The van der Waals surface area contributed by atoms with E-state index in [2.05, 4.69) is 92.4 Å². The molecule has 0 fully saturated rings. The topological polar surface area (TPSA) is 3.24 Å². The summed E-state index contributed by atoms with van der Waals surface area (Å²) in [5.41, 5.74) is 2.79. The average Bonchev–Trinajstić information content (AvgIpc) is 2.59. The fourth-order valence-electron chi connectivity index (χ4n) is 3.61. The molecule has 1 aliphatic rings. The predicted octanol–water partition coefficient (Wildman–Crippen LogP) is 4.54. The molecule has 116 valence electrons. The molecule has 0 spiro atoms. The zero-order valence-electron chi connectivity index (χ0n) is 13.9. The lowest BCUT2D eigenvalue weighted by molar-refractivity contribution is 0.527. The molecular formula is C20H22N2P+. The zero-order chi connectivity index (χ0) is 16.0. The summed E-state index contributed by atoms with van der Waals surface area (Å²) >= 11 is 0. The summed E-state index contributed by atoms with van der Waals surface area (Å²) in [6.45, 7) is 3.43. The lowest BCUT2D eigenvalue weighted by atomic mass is 10.1. The van der Waals surface area contributed by atoms with Gasteiger partial charge in [0.15, 0.2) is 6.67 Å². The summed E-state index contributed by atoms with van der Waals surface area (Å²) in [5.74, 6) is 0. The molecule has 0 bridgehead atoms. The van der Waals surface area contributed by atoms with Crippen LogP contribution in [-0.2, 0) is 0 Å². The zero-order valence-corrected chi connectivity index (χ0v) is 14.8. The van der Waals surface area contributed by atoms with Gasteiger partial charge in [-0.1, -0.05) is 42.5 Å². The van der Waals surface area contributed by atoms with Gasteiger partial charge in [-0.25, -0.2) is 0 Å². The first-order chi connectivity index (χ1) is 11.1. The Morgan fingerprint density at radius 3 is 2.22 bits per heavy atom. The van der Waals surface area contributed by atoms with Crippen LogP contribution in [-0.4, -0.2) is 27.4 Å². The van der Waals surface area contributed by atoms with E-state index in [9.17, 15) is 0 Å². The van der Waals surface area contributed by atoms with Crippen molar-refractivity contribution in [1.29, 1.82) is 0 Å². The van der Waals surface area contributed by atoms with Crippen LogP contribution in [0.1, 0.15) is 0 Å². The van der Waals surface area contributed by atoms with Crippen LogP contribution in [0.5, 0.6) is 0 Å². The van der Waals surface area contributed by atoms with Crippen LogP contribution in [0.2, 0.25) is 0 Å². The first kappa shape index (κ1) is 14.7. The van der Waals surface area contributed by atoms with E-state index < -0.39 is 0 Å². The second kappa shape index (κ2) is 5.33. The molecule has 0 saturated heterocycles. The molecule has 0 aliphatic carbocycles. The fraction of sp³-hybridized carbons (Fsp3) is 0.200. The Bertz CT molecular complexity index is 862. The number of benzene rings is 3. The average molecular weight is 321 g/mol. The molecule has 3 aromatic carbocycles. The van der Waals surface area contributed by atoms with Crippen LogP contribution < -0.4 is 14.5 Å². The molecule has 0 saturated carbocycles. The molecule has 3 heteroatoms. The van der Waals surface area contributed by atoms with Crippen molar-refractivity contribution in [2.24, 2.45) is 0 Å². The van der Waals surface area contributed by atoms with Gasteiger partial charge >= 0.3 is 0 Å². The molecule has 3 aromatic rings. The summed E-state index contributed by atoms with van der Waals surface area (Å²) in [6, 6.07) is 24.4. The summed E-state index contributed by atoms with van der Waals surface area (Å²) < 4.78 is 0.970. The molecule has 1 aliphatic heterocycles. The van der Waals surface area contributed by atoms with Crippen LogP contribution in [0.15, 0.2) is 66.7 Å². The van der Waals surface area contributed by atoms with Gasteiger partial charge in [0.2, 0.25) is 0 Å². The van der Waals surface area contributed by atoms with Gasteiger partial charge in [-0.05, 0) is 35.0 Å². The third-order valence-corrected chi connectivity index (χ3v) is 7.80. The van der Waals surface area contributed by atoms with Crippen molar-refractivity contribution < 1.29 is 0 Å². The second-order valence-corrected chi connectivity index (χ2v) is 8.94. The molecular weight excluding hydrogens is 299 g/mol. The van der Waals surface area contributed by atoms with E-state index in [1.54, 1.807) is 0 Å². The Labute approximate surface area is 139 Å². The Kier molecular flexibility index (Phi) is 3.41. The number of nitrogens with zero attached hydrogens (tertiary/aromatic N) is 2. The molecule has 0 amide bonds. The summed E-state index contributed by atoms with van der Waals surface area (Å²) in [4.78, 5) is 2.41. The molecule has 4 rings (SSSR count). The van der Waals surface area contributed by atoms with Crippen molar-refractivity contribution in [3.05, 3.63) is 66.7 Å². The maximum Gasteiger partial charge on any atom is 0.160 e. The van der Waals surface area contributed by atoms with Gasteiger partial charge in [0.1, 0.15) is 13.8 Å². The predicted molar refractivity (Wildman–Crippen MR) is 104 cm³/mol. The van der Waals surface area contributed by atoms with Crippen LogP contribution >= 0.6 is 8.07 Å². The second-order valence-electron chi connectivity index (χ2n) is 6.53. The highest BCUT2D eigenvalue weighted by molar-refractivity contribution is 7.65. The van der Waals surface area contributed by atoms with Gasteiger partial charge in [0.05, 0.1) is 18.0 Å². The van der Waals surface area contributed by atoms with E-state index in [1.165, 1.54) is 27.5 Å². The van der Waals surface area contributed by atoms with Crippen LogP contribution in [0.3, 0.4) is 0 Å². The van der Waals surface area contributed by atoms with E-state index in [1.807, 2.05) is 0 Å². The highest BCUT2D eigenvalue weighted by Crippen LogP contribution is 2.51. The quantitative estimate of drug-likeness (QED) is 0.595. The molecule has 23 heavy (non-hydrogen) atoms. The number of hydrogen-bond acceptors (Lipinski definition) is 1. The number of anilines is 1. The minimum atomic E-state index is -0.333. The largest absolute Gasteiger partial charge is 0.327 e. The summed E-state index contributed by atoms with van der Waals surface area (Å²) in [6.07, 6.45) is 0. The highest BCUT2D eigenvalue weighted by Gasteiger charge is 2.41. The normalized spacial score (nSPS) is 23.8. The standard InChI is InChI=1S/C20H22N2P/c1-21-15-22(2,18-11-5-4-6-12-18)23(3)20-14-17-10-8-7-9-16(17)13-19(20)21/h4-14H,15H2,1-3H3/q+1. The van der Waals surface area contributed by atoms with Gasteiger partial charge in [-0.2, -0.15) is 0 Å². The fourth-order valence-corrected chi connectivity index (χ4v) is 5.83. The number of quaternary nitrogens is 1. The SMILES string of the molecule is CN1C[N+](C)(c2ccccc2)P(C)c2cc3ccccc3cc21. The van der Waals surface area contributed by atoms with Gasteiger partial charge in [0.25, 0.3) is 0 Å². The summed E-state index contributed by atoms with van der Waals surface area (Å²) in [5, 5.41) is 4.17. The maximum atomic E-state index is 2.42. The number of para-hydroxylation sites is 1. The third kappa shape index (κ3) is 2.25. The maximum absolute atomic E-state index is 2.42. The van der Waals surface area contributed by atoms with Crippen molar-refractivity contribution in [2.45, 2.75) is 0 Å². The Balaban J connectivity index is 1.91. The first-order valence-electron chi connectivity index (χ1n) is 7.99. The van der Waals surface area contributed by atoms with Crippen LogP contribution in [0.4, 0.5) is 11.4 Å². The van der Waals surface area contributed by atoms with Crippen LogP contribution in [0.25, 0.3) is 10.8 Å². The van der Waals surface area contributed by atoms with Crippen LogP contribution in [0, 0.1) is 0 Å². The monoisotopic (exact) mass is 321 g/mol. The minimum absolute atomic E-state index is 0.333. The molecule has 2 atom stereocenters. The van der Waals surface area contributed by atoms with Gasteiger partial charge in [-0.15, -0.1) is 0 Å². The molecule has 0 radical (unpaired) electrons. The van der Waals surface area contributed by atoms with Crippen molar-refractivity contribution >= 4 is 35.5 Å². The first-order valence-corrected chi connectivity index (χ1v) is 9.73. The summed E-state index contributed by atoms with van der Waals surface area (Å²) in [7, 11) is 4.26. The molecule has 1 heterocycles. The van der Waals surface area contributed by atoms with Crippen molar-refractivity contribution in [2.75, 3.05) is 32.3 Å². The smallest absolute Gasteiger partial charge is 0.160 e. The van der Waals surface area contributed by atoms with E-state index in [-0.39, 0.29) is 8.07 Å². The van der Waals surface area contributed by atoms with E-state index in [4.69, 9.17) is 0 Å². The highest BCUT2D eigenvalue weighted by atomic mass is 31.1. The van der Waals surface area contributed by atoms with E-state index in [0.717, 1.165) is 10.9 Å². The van der Waals surface area contributed by atoms with Crippen molar-refractivity contribution in [3.63, 3.8) is 0 Å². The van der Waals surface area contributed by atoms with E-state index >= 15 is 0 Å². The van der Waals surface area contributed by atoms with Crippen molar-refractivity contribution in [3.8, 4) is 0 Å². The number of rotatable bonds is 1.